The number of carbonyl (C=O) groups is 3. The van der Waals surface area contributed by atoms with Crippen molar-refractivity contribution >= 4 is 35.0 Å². The molecule has 1 aliphatic heterocycles. The maximum Gasteiger partial charge on any atom is 0.338 e. The normalized spacial score (nSPS) is 14.6. The van der Waals surface area contributed by atoms with Gasteiger partial charge < -0.3 is 13.9 Å². The van der Waals surface area contributed by atoms with Crippen LogP contribution in [0.4, 0.5) is 4.79 Å². The lowest BCUT2D eigenvalue weighted by atomic mass is 10.1. The smallest absolute Gasteiger partial charge is 0.338 e. The van der Waals surface area contributed by atoms with Crippen LogP contribution in [0.1, 0.15) is 28.6 Å². The zero-order chi connectivity index (χ0) is 24.1. The van der Waals surface area contributed by atoms with Gasteiger partial charge in [0, 0.05) is 11.6 Å². The first-order valence-corrected chi connectivity index (χ1v) is 11.6. The molecular formula is C26H23NO6S. The average Bonchev–Trinajstić information content (AvgIpc) is 3.40. The number of hydrogen-bond donors (Lipinski definition) is 0. The van der Waals surface area contributed by atoms with Crippen molar-refractivity contribution < 1.29 is 28.3 Å². The van der Waals surface area contributed by atoms with Crippen LogP contribution >= 0.6 is 11.8 Å². The number of imide groups is 1. The van der Waals surface area contributed by atoms with Crippen molar-refractivity contribution in [2.24, 2.45) is 0 Å². The van der Waals surface area contributed by atoms with Crippen LogP contribution < -0.4 is 4.74 Å². The lowest BCUT2D eigenvalue weighted by molar-refractivity contribution is -0.123. The van der Waals surface area contributed by atoms with E-state index in [1.54, 1.807) is 43.3 Å². The van der Waals surface area contributed by atoms with Crippen molar-refractivity contribution in [2.45, 2.75) is 13.8 Å². The molecule has 0 spiro atoms. The Hall–Kier alpha value is -3.78. The molecule has 1 aromatic heterocycles. The number of amides is 2. The molecule has 1 aliphatic rings. The van der Waals surface area contributed by atoms with Crippen LogP contribution in [0.5, 0.6) is 5.75 Å². The van der Waals surface area contributed by atoms with E-state index in [4.69, 9.17) is 13.9 Å². The molecule has 2 amide bonds. The number of thioether (sulfide) groups is 1. The molecule has 7 nitrogen and oxygen atoms in total. The number of furan rings is 1. The zero-order valence-corrected chi connectivity index (χ0v) is 19.6. The Balaban J connectivity index is 1.41. The monoisotopic (exact) mass is 477 g/mol. The minimum atomic E-state index is -0.406. The summed E-state index contributed by atoms with van der Waals surface area (Å²) in [6, 6.07) is 17.9. The van der Waals surface area contributed by atoms with Gasteiger partial charge >= 0.3 is 5.97 Å². The highest BCUT2D eigenvalue weighted by atomic mass is 32.2. The maximum atomic E-state index is 12.7. The highest BCUT2D eigenvalue weighted by Crippen LogP contribution is 2.33. The Labute approximate surface area is 201 Å². The van der Waals surface area contributed by atoms with Crippen molar-refractivity contribution in [3.8, 4) is 17.1 Å². The Bertz CT molecular complexity index is 1240. The average molecular weight is 478 g/mol. The van der Waals surface area contributed by atoms with Crippen LogP contribution in [0.2, 0.25) is 0 Å². The predicted octanol–water partition coefficient (Wildman–Crippen LogP) is 5.55. The molecule has 0 bridgehead atoms. The molecule has 34 heavy (non-hydrogen) atoms. The number of esters is 1. The minimum Gasteiger partial charge on any atom is -0.492 e. The van der Waals surface area contributed by atoms with Crippen LogP contribution in [0.3, 0.4) is 0 Å². The lowest BCUT2D eigenvalue weighted by Gasteiger charge is -2.13. The third kappa shape index (κ3) is 5.40. The minimum absolute atomic E-state index is 0.153. The second-order valence-electron chi connectivity index (χ2n) is 7.50. The molecule has 174 valence electrons. The SMILES string of the molecule is CCOC(=O)c1cccc(-c2ccc(/C=C3\SC(=O)N(CCOc4ccc(C)cc4)C3=O)o2)c1. The van der Waals surface area contributed by atoms with E-state index >= 15 is 0 Å². The molecule has 8 heteroatoms. The van der Waals surface area contributed by atoms with Gasteiger partial charge in [0.2, 0.25) is 0 Å². The molecule has 2 aromatic carbocycles. The molecule has 0 atom stereocenters. The van der Waals surface area contributed by atoms with Gasteiger partial charge in [-0.2, -0.15) is 0 Å². The van der Waals surface area contributed by atoms with Crippen molar-refractivity contribution in [3.63, 3.8) is 0 Å². The van der Waals surface area contributed by atoms with Gasteiger partial charge in [-0.05, 0) is 62.0 Å². The fourth-order valence-corrected chi connectivity index (χ4v) is 4.16. The Morgan fingerprint density at radius 2 is 1.88 bits per heavy atom. The lowest BCUT2D eigenvalue weighted by Crippen LogP contribution is -2.32. The predicted molar refractivity (Wildman–Crippen MR) is 129 cm³/mol. The van der Waals surface area contributed by atoms with E-state index in [-0.39, 0.29) is 29.2 Å². The van der Waals surface area contributed by atoms with E-state index in [1.165, 1.54) is 0 Å². The summed E-state index contributed by atoms with van der Waals surface area (Å²) in [5.74, 6) is 0.852. The quantitative estimate of drug-likeness (QED) is 0.311. The van der Waals surface area contributed by atoms with Gasteiger partial charge in [-0.3, -0.25) is 14.5 Å². The fourth-order valence-electron chi connectivity index (χ4n) is 3.31. The number of rotatable bonds is 8. The molecule has 0 N–H and O–H groups in total. The third-order valence-corrected chi connectivity index (χ3v) is 5.94. The van der Waals surface area contributed by atoms with E-state index in [0.717, 1.165) is 22.2 Å². The zero-order valence-electron chi connectivity index (χ0n) is 18.8. The van der Waals surface area contributed by atoms with Gasteiger partial charge in [0.15, 0.2) is 0 Å². The summed E-state index contributed by atoms with van der Waals surface area (Å²) in [6.45, 7) is 4.38. The van der Waals surface area contributed by atoms with Crippen molar-refractivity contribution in [2.75, 3.05) is 19.8 Å². The van der Waals surface area contributed by atoms with Crippen LogP contribution in [-0.2, 0) is 9.53 Å². The Morgan fingerprint density at radius 1 is 1.09 bits per heavy atom. The molecule has 1 saturated heterocycles. The summed E-state index contributed by atoms with van der Waals surface area (Å²) >= 11 is 0.864. The second-order valence-corrected chi connectivity index (χ2v) is 8.49. The summed E-state index contributed by atoms with van der Waals surface area (Å²) in [5.41, 5.74) is 2.24. The molecular weight excluding hydrogens is 454 g/mol. The third-order valence-electron chi connectivity index (χ3n) is 5.04. The fraction of sp³-hybridized carbons (Fsp3) is 0.192. The second kappa shape index (κ2) is 10.4. The molecule has 0 aliphatic carbocycles. The van der Waals surface area contributed by atoms with Gasteiger partial charge in [0.05, 0.1) is 23.6 Å². The Morgan fingerprint density at radius 3 is 2.65 bits per heavy atom. The summed E-state index contributed by atoms with van der Waals surface area (Å²) in [6.07, 6.45) is 1.55. The van der Waals surface area contributed by atoms with E-state index in [2.05, 4.69) is 0 Å². The molecule has 1 fully saturated rings. The first kappa shape index (κ1) is 23.4. The topological polar surface area (TPSA) is 86.0 Å². The van der Waals surface area contributed by atoms with E-state index in [0.29, 0.717) is 35.0 Å². The van der Waals surface area contributed by atoms with E-state index in [1.807, 2.05) is 37.3 Å². The first-order valence-electron chi connectivity index (χ1n) is 10.8. The van der Waals surface area contributed by atoms with Crippen molar-refractivity contribution in [3.05, 3.63) is 82.5 Å². The summed E-state index contributed by atoms with van der Waals surface area (Å²) in [5, 5.41) is -0.349. The maximum absolute atomic E-state index is 12.7. The van der Waals surface area contributed by atoms with E-state index in [9.17, 15) is 14.4 Å². The van der Waals surface area contributed by atoms with Gasteiger partial charge in [-0.25, -0.2) is 4.79 Å². The van der Waals surface area contributed by atoms with E-state index < -0.39 is 5.97 Å². The first-order chi connectivity index (χ1) is 16.4. The van der Waals surface area contributed by atoms with Gasteiger partial charge in [0.1, 0.15) is 23.9 Å². The van der Waals surface area contributed by atoms with Gasteiger partial charge in [-0.15, -0.1) is 0 Å². The van der Waals surface area contributed by atoms with Crippen LogP contribution in [0.25, 0.3) is 17.4 Å². The molecule has 0 saturated carbocycles. The Kier molecular flexibility index (Phi) is 7.18. The summed E-state index contributed by atoms with van der Waals surface area (Å²) < 4.78 is 16.5. The number of aryl methyl sites for hydroxylation is 1. The molecule has 4 rings (SSSR count). The molecule has 3 aromatic rings. The van der Waals surface area contributed by atoms with Crippen LogP contribution in [-0.4, -0.2) is 41.8 Å². The summed E-state index contributed by atoms with van der Waals surface area (Å²) in [7, 11) is 0. The number of carbonyl (C=O) groups excluding carboxylic acids is 3. The molecule has 0 radical (unpaired) electrons. The van der Waals surface area contributed by atoms with Gasteiger partial charge in [0.25, 0.3) is 11.1 Å². The van der Waals surface area contributed by atoms with Crippen molar-refractivity contribution in [1.82, 2.24) is 4.90 Å². The largest absolute Gasteiger partial charge is 0.492 e. The highest BCUT2D eigenvalue weighted by molar-refractivity contribution is 8.18. The molecule has 0 unspecified atom stereocenters. The highest BCUT2D eigenvalue weighted by Gasteiger charge is 2.35. The summed E-state index contributed by atoms with van der Waals surface area (Å²) in [4.78, 5) is 38.5. The van der Waals surface area contributed by atoms with Crippen LogP contribution in [0.15, 0.2) is 70.0 Å². The standard InChI is InChI=1S/C26H23NO6S/c1-3-31-25(29)19-6-4-5-18(15-19)22-12-11-21(33-22)16-23-24(28)27(26(30)34-23)13-14-32-20-9-7-17(2)8-10-20/h4-12,15-16H,3,13-14H2,1-2H3/b23-16-. The van der Waals surface area contributed by atoms with Crippen LogP contribution in [0, 0.1) is 6.92 Å². The number of benzene rings is 2. The molecule has 2 heterocycles. The van der Waals surface area contributed by atoms with Crippen molar-refractivity contribution in [1.29, 1.82) is 0 Å². The number of nitrogens with zero attached hydrogens (tertiary/aromatic N) is 1. The number of ether oxygens (including phenoxy) is 2. The van der Waals surface area contributed by atoms with Gasteiger partial charge in [-0.1, -0.05) is 29.8 Å². The number of hydrogen-bond acceptors (Lipinski definition) is 7.